The maximum atomic E-state index is 13.0. The fourth-order valence-electron chi connectivity index (χ4n) is 3.86. The molecule has 0 unspecified atom stereocenters. The van der Waals surface area contributed by atoms with Gasteiger partial charge in [-0.3, -0.25) is 4.79 Å². The van der Waals surface area contributed by atoms with E-state index in [2.05, 4.69) is 14.9 Å². The monoisotopic (exact) mass is 494 g/mol. The molecule has 11 nitrogen and oxygen atoms in total. The van der Waals surface area contributed by atoms with Gasteiger partial charge in [-0.15, -0.1) is 4.40 Å². The predicted molar refractivity (Wildman–Crippen MR) is 124 cm³/mol. The number of aryl methyl sites for hydroxylation is 1. The summed E-state index contributed by atoms with van der Waals surface area (Å²) in [6, 6.07) is 6.06. The average molecular weight is 495 g/mol. The molecule has 1 fully saturated rings. The van der Waals surface area contributed by atoms with Crippen molar-refractivity contribution < 1.29 is 32.2 Å². The molecule has 1 aromatic rings. The van der Waals surface area contributed by atoms with Crippen molar-refractivity contribution in [3.63, 3.8) is 0 Å². The Morgan fingerprint density at radius 2 is 1.85 bits per heavy atom. The Hall–Kier alpha value is -2.99. The van der Waals surface area contributed by atoms with Gasteiger partial charge in [-0.1, -0.05) is 17.7 Å². The third-order valence-corrected chi connectivity index (χ3v) is 7.05. The Kier molecular flexibility index (Phi) is 8.61. The van der Waals surface area contributed by atoms with Crippen LogP contribution in [0.4, 0.5) is 0 Å². The zero-order valence-corrected chi connectivity index (χ0v) is 20.3. The number of esters is 2. The van der Waals surface area contributed by atoms with E-state index >= 15 is 0 Å². The summed E-state index contributed by atoms with van der Waals surface area (Å²) in [5, 5.41) is 3.97. The summed E-state index contributed by atoms with van der Waals surface area (Å²) in [6.07, 6.45) is 1.27. The number of carbonyl (C=O) groups excluding carboxylic acids is 2. The molecule has 0 radical (unpaired) electrons. The van der Waals surface area contributed by atoms with Gasteiger partial charge in [0, 0.05) is 19.5 Å². The lowest BCUT2D eigenvalue weighted by Gasteiger charge is -2.30. The van der Waals surface area contributed by atoms with E-state index in [1.165, 1.54) is 14.2 Å². The molecular formula is C22H30N4O7S. The van der Waals surface area contributed by atoms with Gasteiger partial charge in [0.25, 0.3) is 10.0 Å². The smallest absolute Gasteiger partial charge is 0.355 e. The SMILES string of the molecule is COC(=O)C1=NN[C@H](CCC/C(=N\S(=O)(=O)c2ccc(C)cc2)N2CCOCC2)[C@H]1C(=O)OC. The number of amidine groups is 1. The van der Waals surface area contributed by atoms with Crippen molar-refractivity contribution in [2.45, 2.75) is 37.1 Å². The molecule has 12 heteroatoms. The van der Waals surface area contributed by atoms with Gasteiger partial charge in [0.15, 0.2) is 5.71 Å². The van der Waals surface area contributed by atoms with Crippen molar-refractivity contribution in [3.8, 4) is 0 Å². The summed E-state index contributed by atoms with van der Waals surface area (Å²) in [5.74, 6) is -1.77. The lowest BCUT2D eigenvalue weighted by Crippen LogP contribution is -2.41. The van der Waals surface area contributed by atoms with Crippen molar-refractivity contribution in [2.24, 2.45) is 15.4 Å². The second-order valence-corrected chi connectivity index (χ2v) is 9.62. The van der Waals surface area contributed by atoms with Crippen molar-refractivity contribution in [3.05, 3.63) is 29.8 Å². The van der Waals surface area contributed by atoms with E-state index in [0.717, 1.165) is 5.56 Å². The first kappa shape index (κ1) is 25.6. The van der Waals surface area contributed by atoms with Crippen LogP contribution in [0.25, 0.3) is 0 Å². The second kappa shape index (κ2) is 11.4. The molecule has 0 amide bonds. The third kappa shape index (κ3) is 6.11. The number of methoxy groups -OCH3 is 2. The number of nitrogens with one attached hydrogen (secondary N) is 1. The van der Waals surface area contributed by atoms with Crippen LogP contribution in [0.15, 0.2) is 38.7 Å². The van der Waals surface area contributed by atoms with Crippen LogP contribution in [0.3, 0.4) is 0 Å². The van der Waals surface area contributed by atoms with Gasteiger partial charge < -0.3 is 24.5 Å². The lowest BCUT2D eigenvalue weighted by molar-refractivity contribution is -0.145. The van der Waals surface area contributed by atoms with Gasteiger partial charge in [0.1, 0.15) is 11.8 Å². The Morgan fingerprint density at radius 3 is 2.47 bits per heavy atom. The van der Waals surface area contributed by atoms with Crippen LogP contribution >= 0.6 is 0 Å². The van der Waals surface area contributed by atoms with E-state index in [0.29, 0.717) is 51.4 Å². The maximum Gasteiger partial charge on any atom is 0.355 e. The highest BCUT2D eigenvalue weighted by Crippen LogP contribution is 2.22. The molecule has 1 N–H and O–H groups in total. The fourth-order valence-corrected chi connectivity index (χ4v) is 4.93. The topological polar surface area (TPSA) is 136 Å². The average Bonchev–Trinajstić information content (AvgIpc) is 3.27. The largest absolute Gasteiger partial charge is 0.468 e. The molecule has 34 heavy (non-hydrogen) atoms. The van der Waals surface area contributed by atoms with Gasteiger partial charge in [0.2, 0.25) is 0 Å². The predicted octanol–water partition coefficient (Wildman–Crippen LogP) is 0.875. The Labute approximate surface area is 199 Å². The van der Waals surface area contributed by atoms with Crippen LogP contribution < -0.4 is 5.43 Å². The quantitative estimate of drug-likeness (QED) is 0.317. The summed E-state index contributed by atoms with van der Waals surface area (Å²) in [4.78, 5) is 26.3. The molecule has 2 aliphatic rings. The minimum Gasteiger partial charge on any atom is -0.468 e. The molecule has 2 aliphatic heterocycles. The highest BCUT2D eigenvalue weighted by molar-refractivity contribution is 7.90. The molecule has 3 rings (SSSR count). The van der Waals surface area contributed by atoms with Crippen LogP contribution in [0.5, 0.6) is 0 Å². The number of carbonyl (C=O) groups is 2. The van der Waals surface area contributed by atoms with Crippen molar-refractivity contribution >= 4 is 33.5 Å². The normalized spacial score (nSPS) is 21.0. The highest BCUT2D eigenvalue weighted by atomic mass is 32.2. The van der Waals surface area contributed by atoms with Gasteiger partial charge in [-0.2, -0.15) is 13.5 Å². The summed E-state index contributed by atoms with van der Waals surface area (Å²) < 4.78 is 45.0. The standard InChI is InChI=1S/C22H30N4O7S/c1-15-7-9-16(10-8-15)34(29,30)25-18(26-11-13-33-14-12-26)6-4-5-17-19(21(27)31-2)20(24-23-17)22(28)32-3/h7-10,17,19,23H,4-6,11-14H2,1-3H3/b25-18+/t17-,19-/m1/s1. The molecule has 0 saturated carbocycles. The summed E-state index contributed by atoms with van der Waals surface area (Å²) in [6.45, 7) is 3.91. The number of benzene rings is 1. The van der Waals surface area contributed by atoms with E-state index in [4.69, 9.17) is 14.2 Å². The number of hydrogen-bond donors (Lipinski definition) is 1. The molecule has 2 atom stereocenters. The number of hydrazone groups is 1. The van der Waals surface area contributed by atoms with Gasteiger partial charge >= 0.3 is 11.9 Å². The number of nitrogens with zero attached hydrogens (tertiary/aromatic N) is 3. The molecule has 2 heterocycles. The first-order chi connectivity index (χ1) is 16.3. The molecule has 0 bridgehead atoms. The van der Waals surface area contributed by atoms with E-state index in [1.807, 2.05) is 11.8 Å². The van der Waals surface area contributed by atoms with Gasteiger partial charge in [-0.05, 0) is 31.9 Å². The van der Waals surface area contributed by atoms with Crippen LogP contribution in [-0.2, 0) is 33.8 Å². The highest BCUT2D eigenvalue weighted by Gasteiger charge is 2.42. The number of ether oxygens (including phenoxy) is 3. The molecule has 0 aliphatic carbocycles. The minimum absolute atomic E-state index is 0.0385. The number of hydrogen-bond acceptors (Lipinski definition) is 9. The summed E-state index contributed by atoms with van der Waals surface area (Å²) in [7, 11) is -1.44. The Balaban J connectivity index is 1.75. The Morgan fingerprint density at radius 1 is 1.18 bits per heavy atom. The van der Waals surface area contributed by atoms with E-state index < -0.39 is 33.9 Å². The zero-order valence-electron chi connectivity index (χ0n) is 19.5. The zero-order chi connectivity index (χ0) is 24.7. The Bertz CT molecular complexity index is 1050. The number of rotatable bonds is 8. The fraction of sp³-hybridized carbons (Fsp3) is 0.545. The van der Waals surface area contributed by atoms with Gasteiger partial charge in [0.05, 0.1) is 38.4 Å². The lowest BCUT2D eigenvalue weighted by atomic mass is 9.92. The summed E-state index contributed by atoms with van der Waals surface area (Å²) >= 11 is 0. The van der Waals surface area contributed by atoms with E-state index in [-0.39, 0.29) is 10.6 Å². The molecule has 186 valence electrons. The first-order valence-corrected chi connectivity index (χ1v) is 12.4. The maximum absolute atomic E-state index is 13.0. The van der Waals surface area contributed by atoms with Crippen molar-refractivity contribution in [2.75, 3.05) is 40.5 Å². The molecule has 0 spiro atoms. The first-order valence-electron chi connectivity index (χ1n) is 11.0. The van der Waals surface area contributed by atoms with Crippen LogP contribution in [0.2, 0.25) is 0 Å². The summed E-state index contributed by atoms with van der Waals surface area (Å²) in [5.41, 5.74) is 3.73. The molecule has 1 saturated heterocycles. The minimum atomic E-state index is -3.89. The third-order valence-electron chi connectivity index (χ3n) is 5.73. The van der Waals surface area contributed by atoms with Crippen LogP contribution in [0.1, 0.15) is 24.8 Å². The van der Waals surface area contributed by atoms with Crippen molar-refractivity contribution in [1.82, 2.24) is 10.3 Å². The number of morpholine rings is 1. The van der Waals surface area contributed by atoms with E-state index in [9.17, 15) is 18.0 Å². The van der Waals surface area contributed by atoms with Gasteiger partial charge in [-0.25, -0.2) is 4.79 Å². The van der Waals surface area contributed by atoms with Crippen molar-refractivity contribution in [1.29, 1.82) is 0 Å². The second-order valence-electron chi connectivity index (χ2n) is 8.01. The number of sulfonamides is 1. The van der Waals surface area contributed by atoms with Crippen LogP contribution in [-0.4, -0.2) is 83.4 Å². The van der Waals surface area contributed by atoms with E-state index in [1.54, 1.807) is 24.3 Å². The van der Waals surface area contributed by atoms with Crippen LogP contribution in [0, 0.1) is 12.8 Å². The molecule has 1 aromatic carbocycles. The molecular weight excluding hydrogens is 464 g/mol. The molecule has 0 aromatic heterocycles.